The van der Waals surface area contributed by atoms with E-state index in [2.05, 4.69) is 9.73 Å². The number of nitrogens with one attached hydrogen (secondary N) is 1. The standard InChI is InChI=1S/C7H5F3N2O2/c8-7(9,10)6(13)12-5-4-11-2-1-3-14-5/h1-4H,(H,12,13). The number of ether oxygens (including phenoxy) is 1. The van der Waals surface area contributed by atoms with Gasteiger partial charge in [0.1, 0.15) is 0 Å². The highest BCUT2D eigenvalue weighted by Gasteiger charge is 2.39. The van der Waals surface area contributed by atoms with Gasteiger partial charge in [-0.05, 0) is 6.08 Å². The van der Waals surface area contributed by atoms with Gasteiger partial charge in [-0.2, -0.15) is 13.2 Å². The van der Waals surface area contributed by atoms with Gasteiger partial charge in [-0.1, -0.05) is 0 Å². The summed E-state index contributed by atoms with van der Waals surface area (Å²) in [5.41, 5.74) is 0. The van der Waals surface area contributed by atoms with Crippen molar-refractivity contribution < 1.29 is 22.7 Å². The largest absolute Gasteiger partial charge is 0.471 e. The van der Waals surface area contributed by atoms with Crippen LogP contribution in [0.25, 0.3) is 0 Å². The van der Waals surface area contributed by atoms with Crippen molar-refractivity contribution in [2.24, 2.45) is 4.99 Å². The zero-order valence-corrected chi connectivity index (χ0v) is 6.71. The first kappa shape index (κ1) is 10.3. The van der Waals surface area contributed by atoms with E-state index in [9.17, 15) is 18.0 Å². The molecule has 0 radical (unpaired) electrons. The van der Waals surface area contributed by atoms with Crippen LogP contribution in [0.15, 0.2) is 29.4 Å². The third-order valence-electron chi connectivity index (χ3n) is 1.13. The molecule has 0 aliphatic carbocycles. The second-order valence-corrected chi connectivity index (χ2v) is 2.19. The zero-order valence-electron chi connectivity index (χ0n) is 6.71. The Morgan fingerprint density at radius 2 is 2.21 bits per heavy atom. The van der Waals surface area contributed by atoms with Gasteiger partial charge in [0.25, 0.3) is 0 Å². The van der Waals surface area contributed by atoms with E-state index in [1.54, 1.807) is 0 Å². The molecule has 1 N–H and O–H groups in total. The lowest BCUT2D eigenvalue weighted by atomic mass is 10.6. The molecule has 1 aliphatic rings. The number of hydrogen-bond acceptors (Lipinski definition) is 3. The highest BCUT2D eigenvalue weighted by Crippen LogP contribution is 2.15. The van der Waals surface area contributed by atoms with E-state index in [1.807, 2.05) is 0 Å². The fraction of sp³-hybridized carbons (Fsp3) is 0.143. The van der Waals surface area contributed by atoms with E-state index in [-0.39, 0.29) is 5.88 Å². The average molecular weight is 206 g/mol. The Morgan fingerprint density at radius 1 is 1.50 bits per heavy atom. The quantitative estimate of drug-likeness (QED) is 0.697. The lowest BCUT2D eigenvalue weighted by Crippen LogP contribution is -2.36. The van der Waals surface area contributed by atoms with E-state index < -0.39 is 12.1 Å². The molecule has 7 heteroatoms. The van der Waals surface area contributed by atoms with Gasteiger partial charge in [0.15, 0.2) is 0 Å². The minimum absolute atomic E-state index is 0.377. The number of halogens is 3. The van der Waals surface area contributed by atoms with Crippen molar-refractivity contribution >= 4 is 12.1 Å². The van der Waals surface area contributed by atoms with E-state index in [0.717, 1.165) is 12.5 Å². The molecule has 1 amide bonds. The van der Waals surface area contributed by atoms with E-state index >= 15 is 0 Å². The number of carbonyl (C=O) groups excluding carboxylic acids is 1. The number of nitrogens with zero attached hydrogens (tertiary/aromatic N) is 1. The molecule has 0 bridgehead atoms. The predicted octanol–water partition coefficient (Wildman–Crippen LogP) is 1.08. The average Bonchev–Trinajstić information content (AvgIpc) is 2.31. The van der Waals surface area contributed by atoms with Crippen LogP contribution in [-0.4, -0.2) is 18.3 Å². The predicted molar refractivity (Wildman–Crippen MR) is 41.0 cm³/mol. The van der Waals surface area contributed by atoms with Crippen molar-refractivity contribution in [1.29, 1.82) is 0 Å². The lowest BCUT2D eigenvalue weighted by Gasteiger charge is -2.08. The van der Waals surface area contributed by atoms with Gasteiger partial charge >= 0.3 is 12.1 Å². The Labute approximate surface area is 76.8 Å². The Morgan fingerprint density at radius 3 is 2.86 bits per heavy atom. The van der Waals surface area contributed by atoms with Crippen molar-refractivity contribution in [2.75, 3.05) is 0 Å². The number of alkyl halides is 3. The molecular formula is C7H5F3N2O2. The fourth-order valence-electron chi connectivity index (χ4n) is 0.583. The van der Waals surface area contributed by atoms with Crippen molar-refractivity contribution in [2.45, 2.75) is 6.18 Å². The summed E-state index contributed by atoms with van der Waals surface area (Å²) in [7, 11) is 0. The minimum Gasteiger partial charge on any atom is -0.447 e. The van der Waals surface area contributed by atoms with Gasteiger partial charge in [-0.25, -0.2) is 0 Å². The maximum atomic E-state index is 11.8. The molecule has 1 aliphatic heterocycles. The topological polar surface area (TPSA) is 50.7 Å². The smallest absolute Gasteiger partial charge is 0.447 e. The number of rotatable bonds is 1. The molecule has 0 fully saturated rings. The van der Waals surface area contributed by atoms with Gasteiger partial charge in [0.2, 0.25) is 5.88 Å². The molecule has 0 atom stereocenters. The molecule has 0 saturated heterocycles. The number of aliphatic imine (C=N–C) groups is 1. The third-order valence-corrected chi connectivity index (χ3v) is 1.13. The summed E-state index contributed by atoms with van der Waals surface area (Å²) < 4.78 is 39.9. The maximum absolute atomic E-state index is 11.8. The summed E-state index contributed by atoms with van der Waals surface area (Å²) in [6.07, 6.45) is -0.220. The second kappa shape index (κ2) is 3.95. The van der Waals surface area contributed by atoms with Crippen LogP contribution in [0.2, 0.25) is 0 Å². The van der Waals surface area contributed by atoms with Crippen LogP contribution in [0, 0.1) is 0 Å². The van der Waals surface area contributed by atoms with Crippen molar-refractivity contribution in [3.8, 4) is 0 Å². The fourth-order valence-corrected chi connectivity index (χ4v) is 0.583. The van der Waals surface area contributed by atoms with E-state index in [0.29, 0.717) is 0 Å². The minimum atomic E-state index is -4.94. The van der Waals surface area contributed by atoms with Crippen LogP contribution in [0.4, 0.5) is 13.2 Å². The van der Waals surface area contributed by atoms with Crippen LogP contribution < -0.4 is 5.32 Å². The Hall–Kier alpha value is -1.79. The SMILES string of the molecule is O=C(NC1=CN=CC=CO1)C(F)(F)F. The number of allylic oxidation sites excluding steroid dienone is 1. The number of carbonyl (C=O) groups is 1. The van der Waals surface area contributed by atoms with Crippen LogP contribution in [0.5, 0.6) is 0 Å². The molecule has 1 heterocycles. The number of amides is 1. The first-order chi connectivity index (χ1) is 6.50. The Kier molecular flexibility index (Phi) is 2.90. The molecule has 0 aromatic rings. The van der Waals surface area contributed by atoms with Crippen molar-refractivity contribution in [1.82, 2.24) is 5.32 Å². The summed E-state index contributed by atoms with van der Waals surface area (Å²) in [5, 5.41) is 1.51. The van der Waals surface area contributed by atoms with Gasteiger partial charge in [-0.3, -0.25) is 15.1 Å². The summed E-state index contributed by atoms with van der Waals surface area (Å²) in [6, 6.07) is 0. The molecular weight excluding hydrogens is 201 g/mol. The normalized spacial score (nSPS) is 15.5. The Balaban J connectivity index is 2.61. The van der Waals surface area contributed by atoms with Crippen LogP contribution in [0.3, 0.4) is 0 Å². The third kappa shape index (κ3) is 2.92. The molecule has 0 saturated carbocycles. The molecule has 1 rings (SSSR count). The molecule has 76 valence electrons. The van der Waals surface area contributed by atoms with Crippen molar-refractivity contribution in [3.63, 3.8) is 0 Å². The lowest BCUT2D eigenvalue weighted by molar-refractivity contribution is -0.173. The van der Waals surface area contributed by atoms with Crippen molar-refractivity contribution in [3.05, 3.63) is 24.4 Å². The second-order valence-electron chi connectivity index (χ2n) is 2.19. The monoisotopic (exact) mass is 206 g/mol. The van der Waals surface area contributed by atoms with Crippen LogP contribution >= 0.6 is 0 Å². The Bertz CT molecular complexity index is 317. The maximum Gasteiger partial charge on any atom is 0.471 e. The molecule has 0 aromatic carbocycles. The summed E-state index contributed by atoms with van der Waals surface area (Å²) in [6.45, 7) is 0. The van der Waals surface area contributed by atoms with E-state index in [1.165, 1.54) is 17.6 Å². The molecule has 0 aromatic heterocycles. The molecule has 0 unspecified atom stereocenters. The number of hydrogen-bond donors (Lipinski definition) is 1. The molecule has 0 spiro atoms. The first-order valence-corrected chi connectivity index (χ1v) is 3.43. The van der Waals surface area contributed by atoms with Gasteiger partial charge in [-0.15, -0.1) is 0 Å². The highest BCUT2D eigenvalue weighted by molar-refractivity contribution is 5.83. The van der Waals surface area contributed by atoms with Crippen LogP contribution in [-0.2, 0) is 9.53 Å². The summed E-state index contributed by atoms with van der Waals surface area (Å²) in [5.74, 6) is -2.48. The van der Waals surface area contributed by atoms with Crippen LogP contribution in [0.1, 0.15) is 0 Å². The first-order valence-electron chi connectivity index (χ1n) is 3.43. The van der Waals surface area contributed by atoms with E-state index in [4.69, 9.17) is 0 Å². The zero-order chi connectivity index (χ0) is 10.6. The molecule has 14 heavy (non-hydrogen) atoms. The molecule has 4 nitrogen and oxygen atoms in total. The summed E-state index contributed by atoms with van der Waals surface area (Å²) in [4.78, 5) is 13.9. The highest BCUT2D eigenvalue weighted by atomic mass is 19.4. The van der Waals surface area contributed by atoms with Gasteiger partial charge in [0, 0.05) is 6.21 Å². The summed E-state index contributed by atoms with van der Waals surface area (Å²) >= 11 is 0. The van der Waals surface area contributed by atoms with Gasteiger partial charge in [0.05, 0.1) is 12.5 Å². The van der Waals surface area contributed by atoms with Gasteiger partial charge < -0.3 is 4.74 Å².